The van der Waals surface area contributed by atoms with Gasteiger partial charge in [0.1, 0.15) is 11.6 Å². The maximum atomic E-state index is 13.9. The molecule has 5 nitrogen and oxygen atoms in total. The van der Waals surface area contributed by atoms with Gasteiger partial charge in [0.15, 0.2) is 4.90 Å². The van der Waals surface area contributed by atoms with E-state index in [1.54, 1.807) is 12.1 Å². The number of carbonyl (C=O) groups excluding carboxylic acids is 1. The lowest BCUT2D eigenvalue weighted by Gasteiger charge is -2.34. The fourth-order valence-corrected chi connectivity index (χ4v) is 4.74. The normalized spacial score (nSPS) is 15.8. The van der Waals surface area contributed by atoms with Crippen LogP contribution in [-0.2, 0) is 10.0 Å². The van der Waals surface area contributed by atoms with Gasteiger partial charge in [-0.2, -0.15) is 4.31 Å². The van der Waals surface area contributed by atoms with E-state index in [-0.39, 0.29) is 41.8 Å². The summed E-state index contributed by atoms with van der Waals surface area (Å²) in [5, 5.41) is 0.353. The maximum Gasteiger partial charge on any atom is 0.255 e. The van der Waals surface area contributed by atoms with E-state index >= 15 is 0 Å². The summed E-state index contributed by atoms with van der Waals surface area (Å²) in [6, 6.07) is 7.52. The summed E-state index contributed by atoms with van der Waals surface area (Å²) in [6.45, 7) is -0.0893. The van der Waals surface area contributed by atoms with Gasteiger partial charge >= 0.3 is 0 Å². The molecule has 0 radical (unpaired) electrons. The molecule has 1 fully saturated rings. The zero-order valence-corrected chi connectivity index (χ0v) is 16.2. The van der Waals surface area contributed by atoms with Gasteiger partial charge in [-0.15, -0.1) is 0 Å². The Balaban J connectivity index is 1.77. The van der Waals surface area contributed by atoms with Crippen LogP contribution in [0.5, 0.6) is 0 Å². The van der Waals surface area contributed by atoms with Crippen molar-refractivity contribution in [1.82, 2.24) is 9.21 Å². The van der Waals surface area contributed by atoms with Crippen molar-refractivity contribution in [1.29, 1.82) is 0 Å². The Kier molecular flexibility index (Phi) is 5.71. The number of piperazine rings is 1. The van der Waals surface area contributed by atoms with Gasteiger partial charge in [-0.25, -0.2) is 17.2 Å². The van der Waals surface area contributed by atoms with Crippen LogP contribution in [0.4, 0.5) is 8.78 Å². The number of carbonyl (C=O) groups is 1. The monoisotopic (exact) mass is 434 g/mol. The number of nitrogens with zero attached hydrogens (tertiary/aromatic N) is 2. The van der Waals surface area contributed by atoms with Crippen LogP contribution in [0, 0.1) is 11.6 Å². The molecule has 1 amide bonds. The molecule has 1 heterocycles. The average molecular weight is 435 g/mol. The minimum Gasteiger partial charge on any atom is -0.336 e. The van der Waals surface area contributed by atoms with Gasteiger partial charge < -0.3 is 4.90 Å². The molecule has 0 aromatic heterocycles. The van der Waals surface area contributed by atoms with E-state index in [1.807, 2.05) is 0 Å². The minimum absolute atomic E-state index is 0.0526. The summed E-state index contributed by atoms with van der Waals surface area (Å²) in [5.41, 5.74) is 0.209. The van der Waals surface area contributed by atoms with Crippen LogP contribution >= 0.6 is 23.2 Å². The lowest BCUT2D eigenvalue weighted by molar-refractivity contribution is 0.0697. The second-order valence-corrected chi connectivity index (χ2v) is 8.51. The first-order valence-corrected chi connectivity index (χ1v) is 10.1. The van der Waals surface area contributed by atoms with Crippen LogP contribution in [0.3, 0.4) is 0 Å². The largest absolute Gasteiger partial charge is 0.336 e. The third kappa shape index (κ3) is 3.80. The number of benzene rings is 2. The van der Waals surface area contributed by atoms with Crippen molar-refractivity contribution >= 4 is 39.1 Å². The predicted octanol–water partition coefficient (Wildman–Crippen LogP) is 3.42. The number of amides is 1. The molecular weight excluding hydrogens is 421 g/mol. The molecule has 27 heavy (non-hydrogen) atoms. The van der Waals surface area contributed by atoms with Crippen LogP contribution in [0.1, 0.15) is 10.4 Å². The summed E-state index contributed by atoms with van der Waals surface area (Å²) in [6.07, 6.45) is 0. The number of rotatable bonds is 3. The van der Waals surface area contributed by atoms with E-state index < -0.39 is 32.5 Å². The first-order chi connectivity index (χ1) is 12.7. The average Bonchev–Trinajstić information content (AvgIpc) is 2.63. The lowest BCUT2D eigenvalue weighted by atomic mass is 10.2. The first kappa shape index (κ1) is 20.0. The highest BCUT2D eigenvalue weighted by Gasteiger charge is 2.34. The molecule has 3 rings (SSSR count). The number of hydrogen-bond donors (Lipinski definition) is 0. The maximum absolute atomic E-state index is 13.9. The Labute approximate surface area is 165 Å². The second-order valence-electron chi connectivity index (χ2n) is 5.85. The highest BCUT2D eigenvalue weighted by Crippen LogP contribution is 2.28. The van der Waals surface area contributed by atoms with Gasteiger partial charge in [0, 0.05) is 26.2 Å². The summed E-state index contributed by atoms with van der Waals surface area (Å²) >= 11 is 12.0. The SMILES string of the molecule is O=C(c1cccc(Cl)c1Cl)N1CCN(S(=O)(=O)c2c(F)cccc2F)CC1. The molecule has 1 aliphatic heterocycles. The molecule has 0 bridgehead atoms. The van der Waals surface area contributed by atoms with E-state index in [0.29, 0.717) is 0 Å². The summed E-state index contributed by atoms with van der Waals surface area (Å²) < 4.78 is 53.9. The van der Waals surface area contributed by atoms with Gasteiger partial charge in [0.05, 0.1) is 15.6 Å². The van der Waals surface area contributed by atoms with Gasteiger partial charge in [-0.05, 0) is 24.3 Å². The van der Waals surface area contributed by atoms with Gasteiger partial charge in [0.25, 0.3) is 5.91 Å². The molecule has 0 spiro atoms. The number of halogens is 4. The van der Waals surface area contributed by atoms with Crippen molar-refractivity contribution in [3.05, 3.63) is 63.6 Å². The summed E-state index contributed by atoms with van der Waals surface area (Å²) in [7, 11) is -4.35. The molecular formula is C17H14Cl2F2N2O3S. The molecule has 0 saturated carbocycles. The standard InChI is InChI=1S/C17H14Cl2F2N2O3S/c18-12-4-1-3-11(15(12)19)17(24)22-7-9-23(10-8-22)27(25,26)16-13(20)5-2-6-14(16)21/h1-6H,7-10H2. The quantitative estimate of drug-likeness (QED) is 0.743. The van der Waals surface area contributed by atoms with Gasteiger partial charge in [0.2, 0.25) is 10.0 Å². The molecule has 0 N–H and O–H groups in total. The molecule has 0 aliphatic carbocycles. The Morgan fingerprint density at radius 2 is 1.48 bits per heavy atom. The van der Waals surface area contributed by atoms with E-state index in [1.165, 1.54) is 11.0 Å². The zero-order valence-electron chi connectivity index (χ0n) is 13.8. The summed E-state index contributed by atoms with van der Waals surface area (Å²) in [5.74, 6) is -2.70. The third-order valence-electron chi connectivity index (χ3n) is 4.22. The van der Waals surface area contributed by atoms with E-state index in [0.717, 1.165) is 22.5 Å². The van der Waals surface area contributed by atoms with Crippen LogP contribution < -0.4 is 0 Å². The van der Waals surface area contributed by atoms with Crippen molar-refractivity contribution < 1.29 is 22.0 Å². The molecule has 144 valence electrons. The molecule has 0 unspecified atom stereocenters. The van der Waals surface area contributed by atoms with E-state index in [9.17, 15) is 22.0 Å². The smallest absolute Gasteiger partial charge is 0.255 e. The highest BCUT2D eigenvalue weighted by molar-refractivity contribution is 7.89. The topological polar surface area (TPSA) is 57.7 Å². The van der Waals surface area contributed by atoms with Crippen LogP contribution in [0.25, 0.3) is 0 Å². The molecule has 2 aromatic carbocycles. The molecule has 1 saturated heterocycles. The van der Waals surface area contributed by atoms with E-state index in [2.05, 4.69) is 0 Å². The third-order valence-corrected chi connectivity index (χ3v) is 6.99. The highest BCUT2D eigenvalue weighted by atomic mass is 35.5. The minimum atomic E-state index is -4.35. The molecule has 2 aromatic rings. The fourth-order valence-electron chi connectivity index (χ4n) is 2.83. The Morgan fingerprint density at radius 3 is 2.07 bits per heavy atom. The van der Waals surface area contributed by atoms with Crippen LogP contribution in [0.2, 0.25) is 10.0 Å². The number of hydrogen-bond acceptors (Lipinski definition) is 3. The second kappa shape index (κ2) is 7.71. The van der Waals surface area contributed by atoms with Crippen molar-refractivity contribution in [3.8, 4) is 0 Å². The zero-order chi connectivity index (χ0) is 19.8. The molecule has 1 aliphatic rings. The Morgan fingerprint density at radius 1 is 0.926 bits per heavy atom. The number of sulfonamides is 1. The van der Waals surface area contributed by atoms with Gasteiger partial charge in [-0.1, -0.05) is 35.3 Å². The van der Waals surface area contributed by atoms with Crippen LogP contribution in [0.15, 0.2) is 41.3 Å². The molecule has 10 heteroatoms. The van der Waals surface area contributed by atoms with Crippen molar-refractivity contribution in [2.24, 2.45) is 0 Å². The Hall–Kier alpha value is -1.74. The predicted molar refractivity (Wildman–Crippen MR) is 97.5 cm³/mol. The van der Waals surface area contributed by atoms with Crippen molar-refractivity contribution in [2.75, 3.05) is 26.2 Å². The summed E-state index contributed by atoms with van der Waals surface area (Å²) in [4.78, 5) is 13.0. The van der Waals surface area contributed by atoms with Crippen molar-refractivity contribution in [2.45, 2.75) is 4.90 Å². The first-order valence-electron chi connectivity index (χ1n) is 7.91. The molecule has 0 atom stereocenters. The van der Waals surface area contributed by atoms with Crippen LogP contribution in [-0.4, -0.2) is 49.7 Å². The Bertz CT molecular complexity index is 973. The lowest BCUT2D eigenvalue weighted by Crippen LogP contribution is -2.50. The van der Waals surface area contributed by atoms with Crippen molar-refractivity contribution in [3.63, 3.8) is 0 Å². The fraction of sp³-hybridized carbons (Fsp3) is 0.235. The van der Waals surface area contributed by atoms with Gasteiger partial charge in [-0.3, -0.25) is 4.79 Å². The van der Waals surface area contributed by atoms with E-state index in [4.69, 9.17) is 23.2 Å².